The molecule has 0 N–H and O–H groups in total. The number of piperidine rings is 1. The van der Waals surface area contributed by atoms with Crippen LogP contribution in [0.25, 0.3) is 0 Å². The molecule has 196 valence electrons. The molecule has 3 aliphatic rings. The number of hydrogen-bond donors (Lipinski definition) is 0. The Balaban J connectivity index is 1.48. The van der Waals surface area contributed by atoms with Gasteiger partial charge >= 0.3 is 172 Å². The average molecular weight is 617 g/mol. The zero-order valence-corrected chi connectivity index (χ0v) is 22.3. The summed E-state index contributed by atoms with van der Waals surface area (Å²) >= 11 is -1.25. The van der Waals surface area contributed by atoms with Crippen molar-refractivity contribution in [1.82, 2.24) is 7.96 Å². The molecule has 0 aromatic heterocycles. The minimum atomic E-state index is -6.12. The first-order chi connectivity index (χ1) is 16.2. The number of hydrogen-bond acceptors (Lipinski definition) is 2. The van der Waals surface area contributed by atoms with Gasteiger partial charge in [-0.15, -0.1) is 0 Å². The molecule has 4 rings (SSSR count). The number of aryl methyl sites for hydroxylation is 1. The van der Waals surface area contributed by atoms with Crippen molar-refractivity contribution in [2.75, 3.05) is 19.6 Å². The van der Waals surface area contributed by atoms with Gasteiger partial charge in [-0.3, -0.25) is 0 Å². The van der Waals surface area contributed by atoms with Crippen molar-refractivity contribution in [1.29, 1.82) is 0 Å². The van der Waals surface area contributed by atoms with Crippen LogP contribution >= 0.6 is 0 Å². The molecule has 2 saturated heterocycles. The predicted octanol–water partition coefficient (Wildman–Crippen LogP) is 5.96. The predicted molar refractivity (Wildman–Crippen MR) is 119 cm³/mol. The van der Waals surface area contributed by atoms with Crippen molar-refractivity contribution in [3.05, 3.63) is 34.9 Å². The van der Waals surface area contributed by atoms with Crippen LogP contribution in [-0.2, 0) is 16.9 Å². The van der Waals surface area contributed by atoms with E-state index in [1.54, 1.807) is 0 Å². The second-order valence-corrected chi connectivity index (χ2v) is 16.6. The van der Waals surface area contributed by atoms with Gasteiger partial charge in [0, 0.05) is 5.56 Å². The summed E-state index contributed by atoms with van der Waals surface area (Å²) in [6.45, 7) is 2.61. The number of amides is 1. The van der Waals surface area contributed by atoms with Gasteiger partial charge in [0.15, 0.2) is 0 Å². The third-order valence-corrected chi connectivity index (χ3v) is 12.3. The molecule has 2 fully saturated rings. The van der Waals surface area contributed by atoms with Gasteiger partial charge in [0.2, 0.25) is 0 Å². The van der Waals surface area contributed by atoms with Crippen LogP contribution in [0.15, 0.2) is 18.2 Å². The van der Waals surface area contributed by atoms with Crippen molar-refractivity contribution in [2.45, 2.75) is 78.2 Å². The van der Waals surface area contributed by atoms with E-state index in [0.29, 0.717) is 48.9 Å². The fraction of sp³-hybridized carbons (Fsp3) is 0.708. The Morgan fingerprint density at radius 1 is 0.943 bits per heavy atom. The number of halogens is 7. The van der Waals surface area contributed by atoms with Crippen molar-refractivity contribution in [3.8, 4) is 0 Å². The van der Waals surface area contributed by atoms with E-state index in [1.807, 2.05) is 4.90 Å². The van der Waals surface area contributed by atoms with Gasteiger partial charge < -0.3 is 0 Å². The van der Waals surface area contributed by atoms with Crippen LogP contribution < -0.4 is 0 Å². The molecular formula is C24H30F7N2OSb. The Labute approximate surface area is 208 Å². The molecule has 11 heteroatoms. The SMILES string of the molecule is [CH3][Sb]([CH3])[N]1CCC(CC(=O)N2CCC3c4ccc(C(F)(C(F)(F)F)C(F)(F)F)cc4CCC32)CC1. The first-order valence-electron chi connectivity index (χ1n) is 11.9. The Kier molecular flexibility index (Phi) is 7.49. The summed E-state index contributed by atoms with van der Waals surface area (Å²) in [5, 5.41) is 0. The molecule has 0 bridgehead atoms. The summed E-state index contributed by atoms with van der Waals surface area (Å²) in [5.41, 5.74) is -5.92. The standard InChI is InChI=1S/C22H24F7N2O.2CH3.Sb/c23-20(21(24,25)26,22(27,28)29)15-2-3-16-14(12-15)1-4-18-17(16)7-10-31(18)19(32)11-13-5-8-30-9-6-13;;;/h2-3,12-13,17-18H,1,4-11H2;2*1H3;/q-1;;;+1. The molecule has 2 unspecified atom stereocenters. The second kappa shape index (κ2) is 9.70. The van der Waals surface area contributed by atoms with Crippen LogP contribution in [0.1, 0.15) is 54.7 Å². The number of benzene rings is 1. The Hall–Kier alpha value is -1.02. The summed E-state index contributed by atoms with van der Waals surface area (Å²) in [6, 6.07) is 2.42. The van der Waals surface area contributed by atoms with Crippen molar-refractivity contribution in [3.63, 3.8) is 0 Å². The van der Waals surface area contributed by atoms with Crippen molar-refractivity contribution >= 4 is 26.4 Å². The van der Waals surface area contributed by atoms with E-state index in [1.165, 1.54) is 6.07 Å². The van der Waals surface area contributed by atoms with Gasteiger partial charge in [0.05, 0.1) is 0 Å². The first kappa shape index (κ1) is 27.0. The molecular weight excluding hydrogens is 587 g/mol. The zero-order valence-electron chi connectivity index (χ0n) is 19.7. The third kappa shape index (κ3) is 4.95. The Bertz CT molecular complexity index is 927. The quantitative estimate of drug-likeness (QED) is 0.308. The minimum absolute atomic E-state index is 0.0821. The number of nitrogens with zero attached hydrogens (tertiary/aromatic N) is 2. The van der Waals surface area contributed by atoms with Crippen LogP contribution in [0, 0.1) is 5.92 Å². The molecule has 35 heavy (non-hydrogen) atoms. The van der Waals surface area contributed by atoms with E-state index < -0.39 is 44.1 Å². The Morgan fingerprint density at radius 3 is 2.14 bits per heavy atom. The summed E-state index contributed by atoms with van der Waals surface area (Å²) in [4.78, 5) is 19.7. The van der Waals surface area contributed by atoms with E-state index in [2.05, 4.69) is 12.8 Å². The molecule has 1 aromatic rings. The van der Waals surface area contributed by atoms with Crippen LogP contribution in [-0.4, -0.2) is 72.4 Å². The molecule has 0 spiro atoms. The van der Waals surface area contributed by atoms with E-state index >= 15 is 0 Å². The van der Waals surface area contributed by atoms with Gasteiger partial charge in [0.1, 0.15) is 0 Å². The molecule has 2 atom stereocenters. The van der Waals surface area contributed by atoms with Crippen molar-refractivity contribution in [2.24, 2.45) is 5.92 Å². The van der Waals surface area contributed by atoms with E-state index in [9.17, 15) is 35.5 Å². The Morgan fingerprint density at radius 2 is 1.57 bits per heavy atom. The van der Waals surface area contributed by atoms with Crippen LogP contribution in [0.5, 0.6) is 0 Å². The van der Waals surface area contributed by atoms with Gasteiger partial charge in [0.25, 0.3) is 0 Å². The molecule has 1 amide bonds. The van der Waals surface area contributed by atoms with E-state index in [0.717, 1.165) is 32.0 Å². The van der Waals surface area contributed by atoms with E-state index in [-0.39, 0.29) is 24.3 Å². The fourth-order valence-corrected chi connectivity index (χ4v) is 8.90. The molecule has 0 radical (unpaired) electrons. The third-order valence-electron chi connectivity index (χ3n) is 7.92. The monoisotopic (exact) mass is 616 g/mol. The number of fused-ring (bicyclic) bond motifs is 3. The van der Waals surface area contributed by atoms with Gasteiger partial charge in [-0.2, -0.15) is 26.3 Å². The first-order valence-corrected chi connectivity index (χ1v) is 18.2. The molecule has 1 aromatic carbocycles. The molecule has 2 heterocycles. The molecule has 2 aliphatic heterocycles. The van der Waals surface area contributed by atoms with Gasteiger partial charge in [-0.1, -0.05) is 0 Å². The van der Waals surface area contributed by atoms with Gasteiger partial charge in [-0.05, 0) is 0 Å². The summed E-state index contributed by atoms with van der Waals surface area (Å²) in [7, 11) is 0. The van der Waals surface area contributed by atoms with Crippen LogP contribution in [0.2, 0.25) is 9.74 Å². The second-order valence-electron chi connectivity index (χ2n) is 10.1. The maximum atomic E-state index is 14.5. The van der Waals surface area contributed by atoms with Gasteiger partial charge in [-0.25, -0.2) is 4.39 Å². The molecule has 1 aliphatic carbocycles. The number of carbonyl (C=O) groups excluding carboxylic acids is 1. The summed E-state index contributed by atoms with van der Waals surface area (Å²) in [6.07, 6.45) is -8.50. The normalized spacial score (nSPS) is 24.6. The maximum absolute atomic E-state index is 14.5. The summed E-state index contributed by atoms with van der Waals surface area (Å²) < 4.78 is 96.2. The topological polar surface area (TPSA) is 23.6 Å². The van der Waals surface area contributed by atoms with Crippen LogP contribution in [0.4, 0.5) is 30.7 Å². The van der Waals surface area contributed by atoms with Crippen molar-refractivity contribution < 1.29 is 35.5 Å². The van der Waals surface area contributed by atoms with Crippen LogP contribution in [0.3, 0.4) is 0 Å². The fourth-order valence-electron chi connectivity index (χ4n) is 5.96. The summed E-state index contributed by atoms with van der Waals surface area (Å²) in [5.74, 6) is 0.274. The molecule has 3 nitrogen and oxygen atoms in total. The molecule has 0 saturated carbocycles. The number of alkyl halides is 7. The number of rotatable bonds is 4. The van der Waals surface area contributed by atoms with E-state index in [4.69, 9.17) is 0 Å². The number of carbonyl (C=O) groups is 1. The average Bonchev–Trinajstić information content (AvgIpc) is 3.21. The zero-order chi connectivity index (χ0) is 25.8. The number of likely N-dealkylation sites (tertiary alicyclic amines) is 1.